The first-order valence-electron chi connectivity index (χ1n) is 13.4. The molecule has 1 aliphatic rings. The lowest BCUT2D eigenvalue weighted by Crippen LogP contribution is -2.51. The van der Waals surface area contributed by atoms with Crippen molar-refractivity contribution in [1.29, 1.82) is 0 Å². The summed E-state index contributed by atoms with van der Waals surface area (Å²) in [5.41, 5.74) is 6.98. The van der Waals surface area contributed by atoms with Crippen LogP contribution in [0.5, 0.6) is 0 Å². The molecule has 0 bridgehead atoms. The minimum Gasteiger partial charge on any atom is -0.451 e. The van der Waals surface area contributed by atoms with Crippen LogP contribution in [0.25, 0.3) is 11.3 Å². The van der Waals surface area contributed by atoms with Gasteiger partial charge in [0.2, 0.25) is 11.8 Å². The van der Waals surface area contributed by atoms with Crippen molar-refractivity contribution in [3.8, 4) is 11.3 Å². The molecule has 0 spiro atoms. The van der Waals surface area contributed by atoms with Gasteiger partial charge in [-0.25, -0.2) is 4.39 Å². The molecule has 4 rings (SSSR count). The molecular formula is C30H35FN4O4. The lowest BCUT2D eigenvalue weighted by atomic mass is 9.84. The van der Waals surface area contributed by atoms with E-state index in [1.165, 1.54) is 24.6 Å². The van der Waals surface area contributed by atoms with Crippen molar-refractivity contribution >= 4 is 23.4 Å². The number of anilines is 1. The Hall–Kier alpha value is -4.14. The molecule has 3 amide bonds. The Morgan fingerprint density at radius 3 is 2.51 bits per heavy atom. The lowest BCUT2D eigenvalue weighted by molar-refractivity contribution is -0.124. The Bertz CT molecular complexity index is 1300. The first kappa shape index (κ1) is 27.9. The quantitative estimate of drug-likeness (QED) is 0.279. The van der Waals surface area contributed by atoms with Gasteiger partial charge < -0.3 is 26.1 Å². The SMILES string of the molecule is C[C@@H](CNc1cccc(C(N)=O)c1)NC(=O)[C@H](CC1CCCCC1)NC(=O)c1ccc(-c2cccc(F)c2)o1. The fourth-order valence-electron chi connectivity index (χ4n) is 4.92. The molecule has 1 aromatic heterocycles. The van der Waals surface area contributed by atoms with Crippen LogP contribution in [0, 0.1) is 11.7 Å². The number of furan rings is 1. The van der Waals surface area contributed by atoms with Crippen LogP contribution >= 0.6 is 0 Å². The molecule has 2 atom stereocenters. The van der Waals surface area contributed by atoms with Crippen molar-refractivity contribution in [2.45, 2.75) is 57.5 Å². The zero-order chi connectivity index (χ0) is 27.8. The maximum Gasteiger partial charge on any atom is 0.287 e. The van der Waals surface area contributed by atoms with E-state index in [1.54, 1.807) is 36.4 Å². The van der Waals surface area contributed by atoms with Crippen LogP contribution in [0.15, 0.2) is 65.1 Å². The third-order valence-corrected chi connectivity index (χ3v) is 7.00. The summed E-state index contributed by atoms with van der Waals surface area (Å²) in [5.74, 6) is -0.912. The minimum absolute atomic E-state index is 0.0553. The van der Waals surface area contributed by atoms with Gasteiger partial charge in [0.05, 0.1) is 0 Å². The Labute approximate surface area is 227 Å². The van der Waals surface area contributed by atoms with Crippen LogP contribution in [0.3, 0.4) is 0 Å². The van der Waals surface area contributed by atoms with Gasteiger partial charge in [0.1, 0.15) is 17.6 Å². The highest BCUT2D eigenvalue weighted by atomic mass is 19.1. The summed E-state index contributed by atoms with van der Waals surface area (Å²) in [6.07, 6.45) is 6.01. The van der Waals surface area contributed by atoms with Crippen LogP contribution in [-0.2, 0) is 4.79 Å². The van der Waals surface area contributed by atoms with E-state index in [0.29, 0.717) is 41.5 Å². The third-order valence-electron chi connectivity index (χ3n) is 7.00. The summed E-state index contributed by atoms with van der Waals surface area (Å²) in [5, 5.41) is 9.06. The zero-order valence-corrected chi connectivity index (χ0v) is 22.0. The summed E-state index contributed by atoms with van der Waals surface area (Å²) < 4.78 is 19.3. The smallest absolute Gasteiger partial charge is 0.287 e. The Morgan fingerprint density at radius 2 is 1.77 bits per heavy atom. The molecule has 206 valence electrons. The van der Waals surface area contributed by atoms with E-state index >= 15 is 0 Å². The largest absolute Gasteiger partial charge is 0.451 e. The van der Waals surface area contributed by atoms with Crippen molar-refractivity contribution < 1.29 is 23.2 Å². The highest BCUT2D eigenvalue weighted by Crippen LogP contribution is 2.28. The van der Waals surface area contributed by atoms with E-state index in [4.69, 9.17) is 10.2 Å². The molecule has 9 heteroatoms. The van der Waals surface area contributed by atoms with Gasteiger partial charge in [-0.15, -0.1) is 0 Å². The number of hydrogen-bond donors (Lipinski definition) is 4. The fourth-order valence-corrected chi connectivity index (χ4v) is 4.92. The summed E-state index contributed by atoms with van der Waals surface area (Å²) in [6, 6.07) is 14.9. The van der Waals surface area contributed by atoms with Crippen LogP contribution in [0.1, 0.15) is 66.4 Å². The van der Waals surface area contributed by atoms with Gasteiger partial charge in [0.25, 0.3) is 5.91 Å². The monoisotopic (exact) mass is 534 g/mol. The number of benzene rings is 2. The van der Waals surface area contributed by atoms with Crippen LogP contribution in [0.4, 0.5) is 10.1 Å². The number of nitrogens with two attached hydrogens (primary N) is 1. The number of primary amides is 1. The molecule has 39 heavy (non-hydrogen) atoms. The Morgan fingerprint density at radius 1 is 1.00 bits per heavy atom. The second-order valence-electron chi connectivity index (χ2n) is 10.2. The number of amides is 3. The normalized spacial score (nSPS) is 15.2. The van der Waals surface area contributed by atoms with Crippen molar-refractivity contribution in [2.24, 2.45) is 11.7 Å². The molecule has 0 saturated heterocycles. The number of nitrogens with one attached hydrogen (secondary N) is 3. The molecule has 0 radical (unpaired) electrons. The molecule has 2 aromatic carbocycles. The summed E-state index contributed by atoms with van der Waals surface area (Å²) in [4.78, 5) is 37.8. The van der Waals surface area contributed by atoms with E-state index in [1.807, 2.05) is 13.0 Å². The van der Waals surface area contributed by atoms with Gasteiger partial charge in [-0.2, -0.15) is 0 Å². The first-order valence-corrected chi connectivity index (χ1v) is 13.4. The lowest BCUT2D eigenvalue weighted by Gasteiger charge is -2.27. The highest BCUT2D eigenvalue weighted by Gasteiger charge is 2.28. The van der Waals surface area contributed by atoms with Crippen molar-refractivity contribution in [3.05, 3.63) is 77.8 Å². The van der Waals surface area contributed by atoms with Crippen molar-refractivity contribution in [2.75, 3.05) is 11.9 Å². The average molecular weight is 535 g/mol. The molecule has 5 N–H and O–H groups in total. The Balaban J connectivity index is 1.40. The van der Waals surface area contributed by atoms with E-state index < -0.39 is 23.7 Å². The van der Waals surface area contributed by atoms with Crippen molar-refractivity contribution in [3.63, 3.8) is 0 Å². The summed E-state index contributed by atoms with van der Waals surface area (Å²) in [6.45, 7) is 2.27. The van der Waals surface area contributed by atoms with E-state index in [-0.39, 0.29) is 17.7 Å². The molecule has 1 aliphatic carbocycles. The van der Waals surface area contributed by atoms with Gasteiger partial charge in [-0.05, 0) is 61.7 Å². The second-order valence-corrected chi connectivity index (χ2v) is 10.2. The van der Waals surface area contributed by atoms with Gasteiger partial charge in [0, 0.05) is 29.4 Å². The van der Waals surface area contributed by atoms with Crippen LogP contribution in [0.2, 0.25) is 0 Å². The second kappa shape index (κ2) is 13.1. The van der Waals surface area contributed by atoms with E-state index in [2.05, 4.69) is 16.0 Å². The predicted octanol–water partition coefficient (Wildman–Crippen LogP) is 4.87. The van der Waals surface area contributed by atoms with Crippen LogP contribution < -0.4 is 21.7 Å². The summed E-state index contributed by atoms with van der Waals surface area (Å²) in [7, 11) is 0. The minimum atomic E-state index is -0.732. The Kier molecular flexibility index (Phi) is 9.35. The van der Waals surface area contributed by atoms with E-state index in [9.17, 15) is 18.8 Å². The number of carbonyl (C=O) groups is 3. The van der Waals surface area contributed by atoms with Gasteiger partial charge in [-0.3, -0.25) is 14.4 Å². The van der Waals surface area contributed by atoms with Gasteiger partial charge in [0.15, 0.2) is 5.76 Å². The molecule has 1 fully saturated rings. The first-order chi connectivity index (χ1) is 18.8. The molecule has 0 unspecified atom stereocenters. The molecule has 3 aromatic rings. The number of carbonyl (C=O) groups excluding carboxylic acids is 3. The summed E-state index contributed by atoms with van der Waals surface area (Å²) >= 11 is 0. The molecule has 1 saturated carbocycles. The van der Waals surface area contributed by atoms with Crippen LogP contribution in [-0.4, -0.2) is 36.3 Å². The van der Waals surface area contributed by atoms with E-state index in [0.717, 1.165) is 25.7 Å². The maximum atomic E-state index is 13.6. The molecule has 8 nitrogen and oxygen atoms in total. The highest BCUT2D eigenvalue weighted by molar-refractivity contribution is 5.96. The predicted molar refractivity (Wildman–Crippen MR) is 148 cm³/mol. The number of hydrogen-bond acceptors (Lipinski definition) is 5. The van der Waals surface area contributed by atoms with Gasteiger partial charge >= 0.3 is 0 Å². The van der Waals surface area contributed by atoms with Crippen molar-refractivity contribution in [1.82, 2.24) is 10.6 Å². The molecular weight excluding hydrogens is 499 g/mol. The van der Waals surface area contributed by atoms with Gasteiger partial charge in [-0.1, -0.05) is 50.3 Å². The fraction of sp³-hybridized carbons (Fsp3) is 0.367. The third kappa shape index (κ3) is 7.92. The molecule has 1 heterocycles. The topological polar surface area (TPSA) is 126 Å². The average Bonchev–Trinajstić information content (AvgIpc) is 3.43. The number of rotatable bonds is 11. The maximum absolute atomic E-state index is 13.6. The molecule has 0 aliphatic heterocycles. The number of halogens is 1. The standard InChI is InChI=1S/C30H35FN4O4/c1-19(18-33-24-12-6-10-22(17-24)28(32)36)34-29(37)25(15-20-7-3-2-4-8-20)35-30(38)27-14-13-26(39-27)21-9-5-11-23(31)16-21/h5-6,9-14,16-17,19-20,25,33H,2-4,7-8,15,18H2,1H3,(H2,32,36)(H,34,37)(H,35,38)/t19-,25-/m0/s1. The zero-order valence-electron chi connectivity index (χ0n) is 22.0.